The molecular weight excluding hydrogens is 324 g/mol. The molecule has 0 radical (unpaired) electrons. The fraction of sp³-hybridized carbons (Fsp3) is 0.412. The van der Waals surface area contributed by atoms with Gasteiger partial charge in [0.25, 0.3) is 0 Å². The maximum Gasteiger partial charge on any atom is 0.202 e. The molecule has 7 heteroatoms. The van der Waals surface area contributed by atoms with Crippen LogP contribution >= 0.6 is 0 Å². The van der Waals surface area contributed by atoms with Crippen LogP contribution in [-0.2, 0) is 35.1 Å². The van der Waals surface area contributed by atoms with Gasteiger partial charge in [0, 0.05) is 25.7 Å². The fourth-order valence-electron chi connectivity index (χ4n) is 2.93. The molecule has 128 valence electrons. The average molecular weight is 346 g/mol. The van der Waals surface area contributed by atoms with E-state index in [2.05, 4.69) is 36.9 Å². The van der Waals surface area contributed by atoms with Crippen molar-refractivity contribution in [3.8, 4) is 0 Å². The summed E-state index contributed by atoms with van der Waals surface area (Å²) >= 11 is 0. The second-order valence-electron chi connectivity index (χ2n) is 7.16. The Bertz CT molecular complexity index is 1010. The minimum atomic E-state index is -3.53. The molecule has 3 aromatic rings. The molecule has 0 atom stereocenters. The van der Waals surface area contributed by atoms with E-state index in [1.807, 2.05) is 19.2 Å². The van der Waals surface area contributed by atoms with Crippen molar-refractivity contribution in [1.29, 1.82) is 0 Å². The molecule has 0 bridgehead atoms. The number of fused-ring (bicyclic) bond motifs is 1. The van der Waals surface area contributed by atoms with Gasteiger partial charge in [-0.2, -0.15) is 5.10 Å². The van der Waals surface area contributed by atoms with Crippen LogP contribution in [0.15, 0.2) is 35.7 Å². The van der Waals surface area contributed by atoms with Gasteiger partial charge in [-0.25, -0.2) is 13.4 Å². The van der Waals surface area contributed by atoms with Crippen molar-refractivity contribution in [1.82, 2.24) is 19.3 Å². The molecule has 0 amide bonds. The first-order valence-corrected chi connectivity index (χ1v) is 9.40. The Hall–Kier alpha value is -2.15. The first kappa shape index (κ1) is 16.7. The third kappa shape index (κ3) is 2.84. The smallest absolute Gasteiger partial charge is 0.202 e. The number of benzene rings is 1. The first-order valence-electron chi connectivity index (χ1n) is 7.75. The zero-order valence-electron chi connectivity index (χ0n) is 14.6. The molecule has 0 N–H and O–H groups in total. The average Bonchev–Trinajstić information content (AvgIpc) is 3.03. The number of hydrogen-bond donors (Lipinski definition) is 0. The molecule has 0 aliphatic heterocycles. The lowest BCUT2D eigenvalue weighted by atomic mass is 9.85. The normalized spacial score (nSPS) is 12.9. The van der Waals surface area contributed by atoms with Crippen molar-refractivity contribution in [3.05, 3.63) is 42.0 Å². The molecule has 0 aliphatic rings. The Morgan fingerprint density at radius 1 is 1.17 bits per heavy atom. The highest BCUT2D eigenvalue weighted by Gasteiger charge is 2.25. The van der Waals surface area contributed by atoms with Gasteiger partial charge in [0.15, 0.2) is 5.03 Å². The minimum absolute atomic E-state index is 0.0512. The van der Waals surface area contributed by atoms with Crippen LogP contribution < -0.4 is 0 Å². The SMILES string of the molecule is Cn1cnc(S(=O)(=O)Cc2nn(C)c3c(C(C)(C)C)cccc23)c1. The topological polar surface area (TPSA) is 69.8 Å². The Morgan fingerprint density at radius 2 is 1.88 bits per heavy atom. The number of nitrogens with zero attached hydrogens (tertiary/aromatic N) is 4. The van der Waals surface area contributed by atoms with Crippen LogP contribution in [0.25, 0.3) is 10.9 Å². The molecule has 1 aromatic carbocycles. The monoisotopic (exact) mass is 346 g/mol. The van der Waals surface area contributed by atoms with E-state index in [0.717, 1.165) is 16.5 Å². The maximum absolute atomic E-state index is 12.6. The molecule has 24 heavy (non-hydrogen) atoms. The summed E-state index contributed by atoms with van der Waals surface area (Å²) in [6.45, 7) is 6.41. The molecule has 0 aliphatic carbocycles. The Balaban J connectivity index is 2.12. The van der Waals surface area contributed by atoms with Crippen molar-refractivity contribution in [2.24, 2.45) is 14.1 Å². The van der Waals surface area contributed by atoms with E-state index in [1.54, 1.807) is 16.3 Å². The minimum Gasteiger partial charge on any atom is -0.339 e. The number of imidazole rings is 1. The van der Waals surface area contributed by atoms with Crippen molar-refractivity contribution < 1.29 is 8.42 Å². The molecule has 0 saturated carbocycles. The van der Waals surface area contributed by atoms with Crippen LogP contribution in [0.5, 0.6) is 0 Å². The van der Waals surface area contributed by atoms with Gasteiger partial charge in [0.1, 0.15) is 5.75 Å². The third-order valence-electron chi connectivity index (χ3n) is 4.08. The number of aryl methyl sites for hydroxylation is 2. The van der Waals surface area contributed by atoms with Crippen molar-refractivity contribution in [2.75, 3.05) is 0 Å². The Morgan fingerprint density at radius 3 is 2.46 bits per heavy atom. The number of sulfone groups is 1. The second-order valence-corrected chi connectivity index (χ2v) is 9.09. The predicted octanol–water partition coefficient (Wildman–Crippen LogP) is 2.58. The standard InChI is InChI=1S/C17H22N4O2S/c1-17(2,3)13-8-6-7-12-14(19-21(5)16(12)13)10-24(22,23)15-9-20(4)11-18-15/h6-9,11H,10H2,1-5H3. The van der Waals surface area contributed by atoms with Crippen LogP contribution in [0.4, 0.5) is 0 Å². The van der Waals surface area contributed by atoms with E-state index in [0.29, 0.717) is 5.69 Å². The lowest BCUT2D eigenvalue weighted by molar-refractivity contribution is 0.588. The highest BCUT2D eigenvalue weighted by atomic mass is 32.2. The van der Waals surface area contributed by atoms with E-state index in [1.165, 1.54) is 12.5 Å². The molecule has 0 saturated heterocycles. The molecule has 0 fully saturated rings. The Labute approximate surface area is 142 Å². The van der Waals surface area contributed by atoms with Crippen LogP contribution in [0.2, 0.25) is 0 Å². The van der Waals surface area contributed by atoms with Gasteiger partial charge in [0.05, 0.1) is 17.5 Å². The van der Waals surface area contributed by atoms with E-state index in [9.17, 15) is 8.42 Å². The van der Waals surface area contributed by atoms with Gasteiger partial charge in [-0.1, -0.05) is 39.0 Å². The van der Waals surface area contributed by atoms with E-state index < -0.39 is 9.84 Å². The van der Waals surface area contributed by atoms with Crippen LogP contribution in [0.1, 0.15) is 32.0 Å². The van der Waals surface area contributed by atoms with Crippen LogP contribution in [-0.4, -0.2) is 27.7 Å². The molecule has 3 rings (SSSR count). The highest BCUT2D eigenvalue weighted by molar-refractivity contribution is 7.90. The van der Waals surface area contributed by atoms with Gasteiger partial charge in [0.2, 0.25) is 9.84 Å². The van der Waals surface area contributed by atoms with E-state index >= 15 is 0 Å². The summed E-state index contributed by atoms with van der Waals surface area (Å²) in [6, 6.07) is 5.96. The largest absolute Gasteiger partial charge is 0.339 e. The fourth-order valence-corrected chi connectivity index (χ4v) is 4.18. The zero-order valence-corrected chi connectivity index (χ0v) is 15.4. The predicted molar refractivity (Wildman–Crippen MR) is 93.5 cm³/mol. The van der Waals surface area contributed by atoms with Crippen molar-refractivity contribution in [2.45, 2.75) is 37.0 Å². The molecule has 2 aromatic heterocycles. The maximum atomic E-state index is 12.6. The molecular formula is C17H22N4O2S. The lowest BCUT2D eigenvalue weighted by Gasteiger charge is -2.20. The summed E-state index contributed by atoms with van der Waals surface area (Å²) in [5, 5.41) is 5.44. The number of aromatic nitrogens is 4. The van der Waals surface area contributed by atoms with E-state index in [4.69, 9.17) is 0 Å². The summed E-state index contributed by atoms with van der Waals surface area (Å²) in [5.74, 6) is -0.158. The Kier molecular flexibility index (Phi) is 3.79. The second kappa shape index (κ2) is 5.44. The quantitative estimate of drug-likeness (QED) is 0.731. The van der Waals surface area contributed by atoms with Crippen molar-refractivity contribution in [3.63, 3.8) is 0 Å². The number of rotatable bonds is 3. The molecule has 2 heterocycles. The first-order chi connectivity index (χ1) is 11.1. The summed E-state index contributed by atoms with van der Waals surface area (Å²) < 4.78 is 28.7. The molecule has 0 spiro atoms. The summed E-state index contributed by atoms with van der Waals surface area (Å²) in [7, 11) is 0.0767. The van der Waals surface area contributed by atoms with Gasteiger partial charge < -0.3 is 4.57 Å². The van der Waals surface area contributed by atoms with E-state index in [-0.39, 0.29) is 16.2 Å². The third-order valence-corrected chi connectivity index (χ3v) is 5.58. The van der Waals surface area contributed by atoms with Crippen LogP contribution in [0, 0.1) is 0 Å². The lowest BCUT2D eigenvalue weighted by Crippen LogP contribution is -2.12. The van der Waals surface area contributed by atoms with Gasteiger partial charge in [-0.15, -0.1) is 0 Å². The highest BCUT2D eigenvalue weighted by Crippen LogP contribution is 2.32. The molecule has 0 unspecified atom stereocenters. The van der Waals surface area contributed by atoms with Crippen molar-refractivity contribution >= 4 is 20.7 Å². The number of para-hydroxylation sites is 1. The van der Waals surface area contributed by atoms with Gasteiger partial charge in [-0.05, 0) is 11.0 Å². The van der Waals surface area contributed by atoms with Crippen LogP contribution in [0.3, 0.4) is 0 Å². The summed E-state index contributed by atoms with van der Waals surface area (Å²) in [5.41, 5.74) is 2.64. The summed E-state index contributed by atoms with van der Waals surface area (Å²) in [6.07, 6.45) is 3.00. The summed E-state index contributed by atoms with van der Waals surface area (Å²) in [4.78, 5) is 3.97. The van der Waals surface area contributed by atoms with Gasteiger partial charge >= 0.3 is 0 Å². The number of hydrogen-bond acceptors (Lipinski definition) is 4. The zero-order chi connectivity index (χ0) is 17.7. The van der Waals surface area contributed by atoms with Gasteiger partial charge in [-0.3, -0.25) is 4.68 Å². The molecule has 6 nitrogen and oxygen atoms in total.